The molecule has 0 amide bonds. The maximum atomic E-state index is 13.6. The first-order valence-corrected chi connectivity index (χ1v) is 9.54. The molecule has 134 valence electrons. The van der Waals surface area contributed by atoms with E-state index in [0.717, 1.165) is 30.0 Å². The SMILES string of the molecule is O=S(=O)(C[C@H]1CS1)c1ccc(Oc2c(F)c(F)c(F)c(F)c2F)cc1. The number of rotatable bonds is 5. The summed E-state index contributed by atoms with van der Waals surface area (Å²) >= 11 is 1.51. The van der Waals surface area contributed by atoms with Gasteiger partial charge in [0, 0.05) is 11.0 Å². The van der Waals surface area contributed by atoms with Crippen molar-refractivity contribution in [1.29, 1.82) is 0 Å². The Bertz CT molecular complexity index is 896. The van der Waals surface area contributed by atoms with Gasteiger partial charge in [-0.3, -0.25) is 0 Å². The molecule has 0 aromatic heterocycles. The molecule has 1 aliphatic heterocycles. The molecule has 1 atom stereocenters. The maximum Gasteiger partial charge on any atom is 0.207 e. The molecule has 0 bridgehead atoms. The summed E-state index contributed by atoms with van der Waals surface area (Å²) in [5.41, 5.74) is 0. The van der Waals surface area contributed by atoms with E-state index in [1.165, 1.54) is 11.8 Å². The van der Waals surface area contributed by atoms with Crippen molar-refractivity contribution >= 4 is 21.6 Å². The average molecular weight is 396 g/mol. The molecule has 3 nitrogen and oxygen atoms in total. The summed E-state index contributed by atoms with van der Waals surface area (Å²) in [6.07, 6.45) is 0. The van der Waals surface area contributed by atoms with E-state index in [0.29, 0.717) is 0 Å². The number of thioether (sulfide) groups is 1. The standard InChI is InChI=1S/C15H9F5O3S2/c16-10-11(17)13(19)15(14(20)12(10)18)23-7-1-3-9(4-2-7)25(21,22)6-8-5-24-8/h1-4,8H,5-6H2/t8-/m1/s1. The molecule has 0 unspecified atom stereocenters. The Balaban J connectivity index is 1.87. The number of ether oxygens (including phenoxy) is 1. The highest BCUT2D eigenvalue weighted by Gasteiger charge is 2.30. The Kier molecular flexibility index (Phi) is 4.67. The van der Waals surface area contributed by atoms with Gasteiger partial charge in [0.1, 0.15) is 5.75 Å². The van der Waals surface area contributed by atoms with Crippen LogP contribution in [-0.4, -0.2) is 25.2 Å². The molecule has 1 saturated heterocycles. The number of hydrogen-bond donors (Lipinski definition) is 0. The van der Waals surface area contributed by atoms with E-state index in [-0.39, 0.29) is 21.6 Å². The van der Waals surface area contributed by atoms with Gasteiger partial charge in [0.25, 0.3) is 0 Å². The number of benzene rings is 2. The van der Waals surface area contributed by atoms with Gasteiger partial charge < -0.3 is 4.74 Å². The predicted molar refractivity (Wildman–Crippen MR) is 81.0 cm³/mol. The zero-order valence-electron chi connectivity index (χ0n) is 12.2. The van der Waals surface area contributed by atoms with E-state index in [1.54, 1.807) is 0 Å². The normalized spacial score (nSPS) is 16.8. The van der Waals surface area contributed by atoms with Gasteiger partial charge in [-0.1, -0.05) is 0 Å². The highest BCUT2D eigenvalue weighted by atomic mass is 32.2. The van der Waals surface area contributed by atoms with E-state index >= 15 is 0 Å². The molecule has 2 aromatic rings. The van der Waals surface area contributed by atoms with Crippen molar-refractivity contribution in [3.05, 3.63) is 53.4 Å². The van der Waals surface area contributed by atoms with Crippen LogP contribution in [0.5, 0.6) is 11.5 Å². The minimum absolute atomic E-state index is 0.0234. The largest absolute Gasteiger partial charge is 0.451 e. The number of sulfone groups is 1. The summed E-state index contributed by atoms with van der Waals surface area (Å²) in [5, 5.41) is 0.0503. The van der Waals surface area contributed by atoms with Crippen LogP contribution in [-0.2, 0) is 9.84 Å². The maximum absolute atomic E-state index is 13.6. The molecule has 2 aromatic carbocycles. The third-order valence-corrected chi connectivity index (χ3v) is 6.39. The van der Waals surface area contributed by atoms with Gasteiger partial charge in [-0.15, -0.1) is 0 Å². The zero-order valence-corrected chi connectivity index (χ0v) is 13.9. The molecule has 0 spiro atoms. The lowest BCUT2D eigenvalue weighted by atomic mass is 10.2. The van der Waals surface area contributed by atoms with Crippen LogP contribution >= 0.6 is 11.8 Å². The number of hydrogen-bond acceptors (Lipinski definition) is 4. The van der Waals surface area contributed by atoms with E-state index in [9.17, 15) is 30.4 Å². The predicted octanol–water partition coefficient (Wildman–Crippen LogP) is 4.06. The molecule has 0 radical (unpaired) electrons. The van der Waals surface area contributed by atoms with Crippen LogP contribution < -0.4 is 4.74 Å². The summed E-state index contributed by atoms with van der Waals surface area (Å²) in [6, 6.07) is 4.43. The van der Waals surface area contributed by atoms with Crippen molar-refractivity contribution in [2.45, 2.75) is 10.1 Å². The van der Waals surface area contributed by atoms with E-state index < -0.39 is 44.7 Å². The quantitative estimate of drug-likeness (QED) is 0.331. The van der Waals surface area contributed by atoms with E-state index in [2.05, 4.69) is 0 Å². The molecule has 0 aliphatic carbocycles. The number of halogens is 5. The highest BCUT2D eigenvalue weighted by molar-refractivity contribution is 8.08. The smallest absolute Gasteiger partial charge is 0.207 e. The second kappa shape index (κ2) is 6.49. The second-order valence-electron chi connectivity index (χ2n) is 5.21. The molecule has 1 fully saturated rings. The summed E-state index contributed by atoms with van der Waals surface area (Å²) in [7, 11) is -3.52. The first-order chi connectivity index (χ1) is 11.7. The van der Waals surface area contributed by atoms with Crippen molar-refractivity contribution in [2.24, 2.45) is 0 Å². The molecule has 0 saturated carbocycles. The van der Waals surface area contributed by atoms with Crippen molar-refractivity contribution < 1.29 is 35.1 Å². The molecule has 1 heterocycles. The lowest BCUT2D eigenvalue weighted by Crippen LogP contribution is -2.10. The first kappa shape index (κ1) is 18.0. The van der Waals surface area contributed by atoms with Crippen LogP contribution in [0.25, 0.3) is 0 Å². The average Bonchev–Trinajstić information content (AvgIpc) is 3.39. The van der Waals surface area contributed by atoms with Crippen LogP contribution in [0, 0.1) is 29.1 Å². The summed E-state index contributed by atoms with van der Waals surface area (Å²) < 4.78 is 95.2. The molecule has 10 heteroatoms. The molecule has 25 heavy (non-hydrogen) atoms. The van der Waals surface area contributed by atoms with Gasteiger partial charge in [0.15, 0.2) is 9.84 Å². The van der Waals surface area contributed by atoms with Crippen molar-refractivity contribution in [3.8, 4) is 11.5 Å². The summed E-state index contributed by atoms with van der Waals surface area (Å²) in [4.78, 5) is -0.0234. The van der Waals surface area contributed by atoms with Crippen LogP contribution in [0.15, 0.2) is 29.2 Å². The fraction of sp³-hybridized carbons (Fsp3) is 0.200. The zero-order chi connectivity index (χ0) is 18.4. The third kappa shape index (κ3) is 3.59. The lowest BCUT2D eigenvalue weighted by molar-refractivity contribution is 0.332. The fourth-order valence-electron chi connectivity index (χ4n) is 2.01. The van der Waals surface area contributed by atoms with Crippen LogP contribution in [0.4, 0.5) is 22.0 Å². The fourth-order valence-corrected chi connectivity index (χ4v) is 4.69. The molecule has 0 N–H and O–H groups in total. The van der Waals surface area contributed by atoms with E-state index in [1.807, 2.05) is 0 Å². The van der Waals surface area contributed by atoms with Crippen LogP contribution in [0.3, 0.4) is 0 Å². The van der Waals surface area contributed by atoms with Gasteiger partial charge >= 0.3 is 0 Å². The summed E-state index contributed by atoms with van der Waals surface area (Å²) in [6.45, 7) is 0. The highest BCUT2D eigenvalue weighted by Crippen LogP contribution is 2.35. The Morgan fingerprint density at radius 3 is 1.88 bits per heavy atom. The third-order valence-electron chi connectivity index (χ3n) is 3.38. The van der Waals surface area contributed by atoms with Gasteiger partial charge in [-0.05, 0) is 24.3 Å². The van der Waals surface area contributed by atoms with Crippen molar-refractivity contribution in [2.75, 3.05) is 11.5 Å². The molecule has 1 aliphatic rings. The monoisotopic (exact) mass is 396 g/mol. The van der Waals surface area contributed by atoms with Gasteiger partial charge in [-0.25, -0.2) is 21.6 Å². The molecular formula is C15H9F5O3S2. The lowest BCUT2D eigenvalue weighted by Gasteiger charge is -2.10. The van der Waals surface area contributed by atoms with Crippen molar-refractivity contribution in [3.63, 3.8) is 0 Å². The summed E-state index contributed by atoms with van der Waals surface area (Å²) in [5.74, 6) is -11.8. The van der Waals surface area contributed by atoms with Crippen molar-refractivity contribution in [1.82, 2.24) is 0 Å². The Hall–Kier alpha value is -1.81. The minimum Gasteiger partial charge on any atom is -0.451 e. The van der Waals surface area contributed by atoms with Crippen LogP contribution in [0.2, 0.25) is 0 Å². The Labute approximate surface area is 143 Å². The Morgan fingerprint density at radius 1 is 0.920 bits per heavy atom. The van der Waals surface area contributed by atoms with Gasteiger partial charge in [0.2, 0.25) is 34.8 Å². The van der Waals surface area contributed by atoms with Crippen LogP contribution in [0.1, 0.15) is 0 Å². The Morgan fingerprint density at radius 2 is 1.40 bits per heavy atom. The van der Waals surface area contributed by atoms with E-state index in [4.69, 9.17) is 4.74 Å². The van der Waals surface area contributed by atoms with Gasteiger partial charge in [-0.2, -0.15) is 20.5 Å². The molecular weight excluding hydrogens is 387 g/mol. The molecule has 3 rings (SSSR count). The minimum atomic E-state index is -3.52. The first-order valence-electron chi connectivity index (χ1n) is 6.84. The van der Waals surface area contributed by atoms with Gasteiger partial charge in [0.05, 0.1) is 10.6 Å². The topological polar surface area (TPSA) is 43.4 Å². The second-order valence-corrected chi connectivity index (χ2v) is 8.58.